The topological polar surface area (TPSA) is 87.7 Å². The number of aliphatic carboxylic acids is 1. The van der Waals surface area contributed by atoms with Crippen LogP contribution >= 0.6 is 0 Å². The lowest BCUT2D eigenvalue weighted by molar-refractivity contribution is -0.140. The molecule has 0 aromatic rings. The molecule has 0 fully saturated rings. The second-order valence-corrected chi connectivity index (χ2v) is 4.16. The predicted molar refractivity (Wildman–Crippen MR) is 63.9 cm³/mol. The summed E-state index contributed by atoms with van der Waals surface area (Å²) in [6, 6.07) is -1.29. The number of ether oxygens (including phenoxy) is 1. The molecule has 0 saturated carbocycles. The first-order valence-corrected chi connectivity index (χ1v) is 5.75. The van der Waals surface area contributed by atoms with Crippen LogP contribution in [0, 0.1) is 5.92 Å². The van der Waals surface area contributed by atoms with E-state index in [2.05, 4.69) is 10.6 Å². The zero-order valence-corrected chi connectivity index (χ0v) is 10.7. The van der Waals surface area contributed by atoms with E-state index >= 15 is 0 Å². The number of unbranched alkanes of at least 4 members (excludes halogenated alkanes) is 1. The fourth-order valence-electron chi connectivity index (χ4n) is 1.28. The third kappa shape index (κ3) is 7.57. The van der Waals surface area contributed by atoms with Gasteiger partial charge in [0, 0.05) is 20.3 Å². The van der Waals surface area contributed by atoms with Gasteiger partial charge in [-0.3, -0.25) is 0 Å². The third-order valence-corrected chi connectivity index (χ3v) is 2.28. The lowest BCUT2D eigenvalue weighted by Gasteiger charge is -2.18. The SMILES string of the molecule is COCCCCNC(=O)N[C@H](C(=O)O)C(C)C. The monoisotopic (exact) mass is 246 g/mol. The van der Waals surface area contributed by atoms with Gasteiger partial charge in [-0.2, -0.15) is 0 Å². The molecule has 0 rings (SSSR count). The second kappa shape index (κ2) is 8.81. The zero-order chi connectivity index (χ0) is 13.3. The molecular formula is C11H22N2O4. The van der Waals surface area contributed by atoms with Crippen LogP contribution in [0.5, 0.6) is 0 Å². The fourth-order valence-corrected chi connectivity index (χ4v) is 1.28. The lowest BCUT2D eigenvalue weighted by atomic mass is 10.1. The number of hydrogen-bond acceptors (Lipinski definition) is 3. The minimum absolute atomic E-state index is 0.147. The molecule has 0 spiro atoms. The normalized spacial score (nSPS) is 12.2. The van der Waals surface area contributed by atoms with Gasteiger partial charge in [-0.15, -0.1) is 0 Å². The highest BCUT2D eigenvalue weighted by atomic mass is 16.5. The van der Waals surface area contributed by atoms with Crippen LogP contribution in [0.25, 0.3) is 0 Å². The van der Waals surface area contributed by atoms with Crippen molar-refractivity contribution in [3.63, 3.8) is 0 Å². The molecule has 6 heteroatoms. The van der Waals surface area contributed by atoms with Gasteiger partial charge in [-0.1, -0.05) is 13.8 Å². The van der Waals surface area contributed by atoms with Gasteiger partial charge in [0.15, 0.2) is 0 Å². The van der Waals surface area contributed by atoms with E-state index in [9.17, 15) is 9.59 Å². The molecule has 0 aromatic carbocycles. The molecule has 0 aliphatic heterocycles. The minimum Gasteiger partial charge on any atom is -0.480 e. The highest BCUT2D eigenvalue weighted by molar-refractivity contribution is 5.82. The summed E-state index contributed by atoms with van der Waals surface area (Å²) in [7, 11) is 1.63. The maximum atomic E-state index is 11.4. The van der Waals surface area contributed by atoms with Crippen LogP contribution in [0.2, 0.25) is 0 Å². The molecule has 0 aliphatic carbocycles. The second-order valence-electron chi connectivity index (χ2n) is 4.16. The molecule has 0 aromatic heterocycles. The summed E-state index contributed by atoms with van der Waals surface area (Å²) in [6.45, 7) is 4.67. The van der Waals surface area contributed by atoms with E-state index in [0.29, 0.717) is 13.2 Å². The Balaban J connectivity index is 3.80. The molecule has 6 nitrogen and oxygen atoms in total. The van der Waals surface area contributed by atoms with E-state index in [-0.39, 0.29) is 5.92 Å². The number of amides is 2. The van der Waals surface area contributed by atoms with E-state index in [1.165, 1.54) is 0 Å². The van der Waals surface area contributed by atoms with Gasteiger partial charge in [0.05, 0.1) is 0 Å². The summed E-state index contributed by atoms with van der Waals surface area (Å²) in [4.78, 5) is 22.2. The number of rotatable bonds is 8. The van der Waals surface area contributed by atoms with Crippen molar-refractivity contribution in [2.24, 2.45) is 5.92 Å². The Morgan fingerprint density at radius 1 is 1.29 bits per heavy atom. The van der Waals surface area contributed by atoms with Gasteiger partial charge in [-0.25, -0.2) is 9.59 Å². The Labute approximate surface area is 102 Å². The molecule has 3 N–H and O–H groups in total. The first-order chi connectivity index (χ1) is 7.99. The van der Waals surface area contributed by atoms with Gasteiger partial charge in [0.2, 0.25) is 0 Å². The number of carboxylic acids is 1. The fraction of sp³-hybridized carbons (Fsp3) is 0.818. The van der Waals surface area contributed by atoms with Crippen LogP contribution in [-0.2, 0) is 9.53 Å². The van der Waals surface area contributed by atoms with E-state index < -0.39 is 18.0 Å². The van der Waals surface area contributed by atoms with Crippen LogP contribution < -0.4 is 10.6 Å². The van der Waals surface area contributed by atoms with Crippen molar-refractivity contribution in [2.45, 2.75) is 32.7 Å². The van der Waals surface area contributed by atoms with Crippen LogP contribution in [0.4, 0.5) is 4.79 Å². The lowest BCUT2D eigenvalue weighted by Crippen LogP contribution is -2.48. The third-order valence-electron chi connectivity index (χ3n) is 2.28. The van der Waals surface area contributed by atoms with Gasteiger partial charge < -0.3 is 20.5 Å². The van der Waals surface area contributed by atoms with Crippen molar-refractivity contribution in [2.75, 3.05) is 20.3 Å². The molecule has 2 amide bonds. The van der Waals surface area contributed by atoms with Crippen molar-refractivity contribution in [3.8, 4) is 0 Å². The van der Waals surface area contributed by atoms with Crippen LogP contribution in [0.3, 0.4) is 0 Å². The number of carbonyl (C=O) groups is 2. The van der Waals surface area contributed by atoms with Gasteiger partial charge in [0.1, 0.15) is 6.04 Å². The number of carbonyl (C=O) groups excluding carboxylic acids is 1. The Hall–Kier alpha value is -1.30. The molecule has 100 valence electrons. The highest BCUT2D eigenvalue weighted by Crippen LogP contribution is 2.01. The van der Waals surface area contributed by atoms with Crippen molar-refractivity contribution in [1.29, 1.82) is 0 Å². The van der Waals surface area contributed by atoms with Crippen molar-refractivity contribution >= 4 is 12.0 Å². The van der Waals surface area contributed by atoms with Gasteiger partial charge in [0.25, 0.3) is 0 Å². The number of urea groups is 1. The molecule has 0 aliphatic rings. The largest absolute Gasteiger partial charge is 0.480 e. The summed E-state index contributed by atoms with van der Waals surface area (Å²) >= 11 is 0. The summed E-state index contributed by atoms with van der Waals surface area (Å²) in [5, 5.41) is 13.9. The molecule has 0 saturated heterocycles. The number of nitrogens with one attached hydrogen (secondary N) is 2. The van der Waals surface area contributed by atoms with E-state index in [1.807, 2.05) is 0 Å². The number of methoxy groups -OCH3 is 1. The zero-order valence-electron chi connectivity index (χ0n) is 10.7. The maximum Gasteiger partial charge on any atom is 0.326 e. The van der Waals surface area contributed by atoms with Gasteiger partial charge in [-0.05, 0) is 18.8 Å². The molecule has 0 unspecified atom stereocenters. The Morgan fingerprint density at radius 2 is 1.94 bits per heavy atom. The first kappa shape index (κ1) is 15.7. The smallest absolute Gasteiger partial charge is 0.326 e. The quantitative estimate of drug-likeness (QED) is 0.553. The van der Waals surface area contributed by atoms with Crippen molar-refractivity contribution in [3.05, 3.63) is 0 Å². The first-order valence-electron chi connectivity index (χ1n) is 5.75. The number of hydrogen-bond donors (Lipinski definition) is 3. The average Bonchev–Trinajstić information content (AvgIpc) is 2.24. The van der Waals surface area contributed by atoms with Crippen molar-refractivity contribution < 1.29 is 19.4 Å². The van der Waals surface area contributed by atoms with E-state index in [0.717, 1.165) is 12.8 Å². The molecule has 0 heterocycles. The molecule has 1 atom stereocenters. The maximum absolute atomic E-state index is 11.4. The van der Waals surface area contributed by atoms with E-state index in [1.54, 1.807) is 21.0 Å². The Kier molecular flexibility index (Phi) is 8.13. The molecule has 0 radical (unpaired) electrons. The minimum atomic E-state index is -1.02. The summed E-state index contributed by atoms with van der Waals surface area (Å²) < 4.78 is 4.87. The molecule has 17 heavy (non-hydrogen) atoms. The standard InChI is InChI=1S/C11H22N2O4/c1-8(2)9(10(14)15)13-11(16)12-6-4-5-7-17-3/h8-9H,4-7H2,1-3H3,(H,14,15)(H2,12,13,16)/t9-/m0/s1. The molecular weight excluding hydrogens is 224 g/mol. The van der Waals surface area contributed by atoms with Crippen LogP contribution in [-0.4, -0.2) is 43.4 Å². The Morgan fingerprint density at radius 3 is 2.41 bits per heavy atom. The predicted octanol–water partition coefficient (Wildman–Crippen LogP) is 0.821. The van der Waals surface area contributed by atoms with Gasteiger partial charge >= 0.3 is 12.0 Å². The summed E-state index contributed by atoms with van der Waals surface area (Å²) in [5.74, 6) is -1.17. The van der Waals surface area contributed by atoms with E-state index in [4.69, 9.17) is 9.84 Å². The number of carboxylic acid groups (broad SMARTS) is 1. The van der Waals surface area contributed by atoms with Crippen LogP contribution in [0.1, 0.15) is 26.7 Å². The van der Waals surface area contributed by atoms with Crippen molar-refractivity contribution in [1.82, 2.24) is 10.6 Å². The summed E-state index contributed by atoms with van der Waals surface area (Å²) in [5.41, 5.74) is 0. The molecule has 0 bridgehead atoms. The van der Waals surface area contributed by atoms with Crippen LogP contribution in [0.15, 0.2) is 0 Å². The Bertz CT molecular complexity index is 244. The summed E-state index contributed by atoms with van der Waals surface area (Å²) in [6.07, 6.45) is 1.67. The highest BCUT2D eigenvalue weighted by Gasteiger charge is 2.22. The average molecular weight is 246 g/mol.